The monoisotopic (exact) mass is 300 g/mol. The highest BCUT2D eigenvalue weighted by atomic mass is 16.5. The van der Waals surface area contributed by atoms with E-state index in [1.54, 1.807) is 5.57 Å². The smallest absolute Gasteiger partial charge is 0.0959 e. The van der Waals surface area contributed by atoms with Crippen LogP contribution in [-0.2, 0) is 4.74 Å². The Kier molecular flexibility index (Phi) is 3.30. The van der Waals surface area contributed by atoms with Crippen LogP contribution < -0.4 is 0 Å². The Morgan fingerprint density at radius 1 is 1.18 bits per heavy atom. The predicted octanol–water partition coefficient (Wildman–Crippen LogP) is 5.87. The first kappa shape index (κ1) is 14.8. The molecule has 0 amide bonds. The Morgan fingerprint density at radius 2 is 2.00 bits per heavy atom. The third-order valence-electron chi connectivity index (χ3n) is 7.49. The summed E-state index contributed by atoms with van der Waals surface area (Å²) in [6, 6.07) is 0. The summed E-state index contributed by atoms with van der Waals surface area (Å²) in [5.74, 6) is 4.05. The number of hydrogen-bond acceptors (Lipinski definition) is 1. The molecule has 1 nitrogen and oxygen atoms in total. The van der Waals surface area contributed by atoms with Crippen molar-refractivity contribution in [2.45, 2.75) is 72.1 Å². The van der Waals surface area contributed by atoms with Crippen molar-refractivity contribution in [2.75, 3.05) is 7.11 Å². The molecule has 0 radical (unpaired) electrons. The molecule has 4 rings (SSSR count). The summed E-state index contributed by atoms with van der Waals surface area (Å²) < 4.78 is 5.52. The van der Waals surface area contributed by atoms with Crippen LogP contribution in [0.15, 0.2) is 23.0 Å². The lowest BCUT2D eigenvalue weighted by Crippen LogP contribution is -2.41. The summed E-state index contributed by atoms with van der Waals surface area (Å²) in [6.07, 6.45) is 13.2. The summed E-state index contributed by atoms with van der Waals surface area (Å²) in [5, 5.41) is 0. The molecule has 0 aromatic rings. The minimum absolute atomic E-state index is 0.568. The highest BCUT2D eigenvalue weighted by Gasteiger charge is 2.55. The Bertz CT molecular complexity index is 538. The van der Waals surface area contributed by atoms with Gasteiger partial charge in [0.05, 0.1) is 12.9 Å². The fourth-order valence-electron chi connectivity index (χ4n) is 6.82. The van der Waals surface area contributed by atoms with Gasteiger partial charge < -0.3 is 4.74 Å². The second-order valence-electron chi connectivity index (χ2n) is 9.54. The molecule has 0 unspecified atom stereocenters. The van der Waals surface area contributed by atoms with Crippen molar-refractivity contribution in [3.8, 4) is 0 Å². The maximum Gasteiger partial charge on any atom is 0.0959 e. The molecule has 4 aliphatic rings. The van der Waals surface area contributed by atoms with E-state index in [0.717, 1.165) is 24.2 Å². The first-order valence-corrected chi connectivity index (χ1v) is 9.36. The second-order valence-corrected chi connectivity index (χ2v) is 9.54. The van der Waals surface area contributed by atoms with Gasteiger partial charge in [0.15, 0.2) is 0 Å². The SMILES string of the molecule is COC1=CCC2=C(CC[C@@H]3[C@@H]2CC[C@]2(C)CC(C)(C)C[C@@H]32)C1. The molecule has 22 heavy (non-hydrogen) atoms. The van der Waals surface area contributed by atoms with E-state index < -0.39 is 0 Å². The van der Waals surface area contributed by atoms with Gasteiger partial charge in [0.1, 0.15) is 0 Å². The van der Waals surface area contributed by atoms with Crippen LogP contribution in [0.3, 0.4) is 0 Å². The highest BCUT2D eigenvalue weighted by molar-refractivity contribution is 5.32. The molecule has 0 saturated heterocycles. The Balaban J connectivity index is 1.61. The molecular formula is C21H32O. The zero-order valence-corrected chi connectivity index (χ0v) is 14.9. The van der Waals surface area contributed by atoms with Gasteiger partial charge in [0.2, 0.25) is 0 Å². The topological polar surface area (TPSA) is 9.23 Å². The summed E-state index contributed by atoms with van der Waals surface area (Å²) in [6.45, 7) is 7.62. The zero-order valence-electron chi connectivity index (χ0n) is 14.9. The summed E-state index contributed by atoms with van der Waals surface area (Å²) in [5.41, 5.74) is 4.76. The molecular weight excluding hydrogens is 268 g/mol. The van der Waals surface area contributed by atoms with E-state index in [1.807, 2.05) is 12.7 Å². The van der Waals surface area contributed by atoms with Crippen molar-refractivity contribution in [3.63, 3.8) is 0 Å². The van der Waals surface area contributed by atoms with Gasteiger partial charge in [-0.25, -0.2) is 0 Å². The first-order valence-electron chi connectivity index (χ1n) is 9.36. The molecule has 0 aromatic carbocycles. The lowest BCUT2D eigenvalue weighted by atomic mass is 9.55. The zero-order chi connectivity index (χ0) is 15.5. The van der Waals surface area contributed by atoms with Crippen LogP contribution in [0.2, 0.25) is 0 Å². The quantitative estimate of drug-likeness (QED) is 0.550. The van der Waals surface area contributed by atoms with Crippen molar-refractivity contribution >= 4 is 0 Å². The highest BCUT2D eigenvalue weighted by Crippen LogP contribution is 2.65. The number of hydrogen-bond donors (Lipinski definition) is 0. The Labute approximate surface area is 136 Å². The van der Waals surface area contributed by atoms with Crippen LogP contribution in [0, 0.1) is 28.6 Å². The molecule has 2 fully saturated rings. The molecule has 0 N–H and O–H groups in total. The first-order chi connectivity index (χ1) is 10.4. The third-order valence-corrected chi connectivity index (χ3v) is 7.49. The van der Waals surface area contributed by atoms with E-state index in [1.165, 1.54) is 50.7 Å². The maximum absolute atomic E-state index is 5.52. The van der Waals surface area contributed by atoms with Crippen molar-refractivity contribution in [1.29, 1.82) is 0 Å². The lowest BCUT2D eigenvalue weighted by Gasteiger charge is -2.50. The average molecular weight is 300 g/mol. The minimum atomic E-state index is 0.568. The average Bonchev–Trinajstić information content (AvgIpc) is 2.74. The predicted molar refractivity (Wildman–Crippen MR) is 91.4 cm³/mol. The van der Waals surface area contributed by atoms with E-state index in [0.29, 0.717) is 10.8 Å². The van der Waals surface area contributed by atoms with Crippen molar-refractivity contribution in [3.05, 3.63) is 23.0 Å². The van der Waals surface area contributed by atoms with Gasteiger partial charge in [-0.2, -0.15) is 0 Å². The maximum atomic E-state index is 5.52. The van der Waals surface area contributed by atoms with E-state index in [9.17, 15) is 0 Å². The molecule has 2 saturated carbocycles. The molecule has 1 heteroatoms. The second kappa shape index (κ2) is 4.89. The number of rotatable bonds is 1. The van der Waals surface area contributed by atoms with Crippen LogP contribution in [0.5, 0.6) is 0 Å². The minimum Gasteiger partial charge on any atom is -0.501 e. The van der Waals surface area contributed by atoms with Gasteiger partial charge in [0.25, 0.3) is 0 Å². The fraction of sp³-hybridized carbons (Fsp3) is 0.810. The number of ether oxygens (including phenoxy) is 1. The Morgan fingerprint density at radius 3 is 2.77 bits per heavy atom. The molecule has 122 valence electrons. The third kappa shape index (κ3) is 2.19. The summed E-state index contributed by atoms with van der Waals surface area (Å²) >= 11 is 0. The van der Waals surface area contributed by atoms with E-state index >= 15 is 0 Å². The standard InChI is InChI=1S/C21H32O/c1-20(2)12-19-18-7-5-14-11-15(22-4)6-8-16(14)17(18)9-10-21(19,3)13-20/h6,17-19H,5,7-13H2,1-4H3/t17-,18-,19+,21-/m1/s1. The van der Waals surface area contributed by atoms with Gasteiger partial charge in [0, 0.05) is 6.42 Å². The van der Waals surface area contributed by atoms with Gasteiger partial charge >= 0.3 is 0 Å². The van der Waals surface area contributed by atoms with Crippen LogP contribution >= 0.6 is 0 Å². The van der Waals surface area contributed by atoms with Crippen LogP contribution in [0.4, 0.5) is 0 Å². The van der Waals surface area contributed by atoms with Crippen molar-refractivity contribution in [1.82, 2.24) is 0 Å². The molecule has 0 spiro atoms. The van der Waals surface area contributed by atoms with Gasteiger partial charge in [-0.3, -0.25) is 0 Å². The van der Waals surface area contributed by atoms with E-state index in [-0.39, 0.29) is 0 Å². The molecule has 0 aromatic heterocycles. The van der Waals surface area contributed by atoms with E-state index in [2.05, 4.69) is 26.8 Å². The summed E-state index contributed by atoms with van der Waals surface area (Å²) in [7, 11) is 1.83. The van der Waals surface area contributed by atoms with Crippen LogP contribution in [-0.4, -0.2) is 7.11 Å². The molecule has 0 bridgehead atoms. The molecule has 4 aliphatic carbocycles. The normalized spacial score (nSPS) is 43.1. The Hall–Kier alpha value is -0.720. The lowest BCUT2D eigenvalue weighted by molar-refractivity contribution is 0.0421. The van der Waals surface area contributed by atoms with Gasteiger partial charge in [-0.05, 0) is 79.6 Å². The molecule has 0 heterocycles. The largest absolute Gasteiger partial charge is 0.501 e. The number of methoxy groups -OCH3 is 1. The van der Waals surface area contributed by atoms with Gasteiger partial charge in [-0.1, -0.05) is 31.9 Å². The molecule has 0 aliphatic heterocycles. The fourth-order valence-corrected chi connectivity index (χ4v) is 6.82. The number of allylic oxidation sites excluding steroid dienone is 3. The van der Waals surface area contributed by atoms with Crippen molar-refractivity contribution < 1.29 is 4.74 Å². The van der Waals surface area contributed by atoms with Crippen LogP contribution in [0.1, 0.15) is 72.1 Å². The van der Waals surface area contributed by atoms with E-state index in [4.69, 9.17) is 4.74 Å². The molecule has 4 atom stereocenters. The summed E-state index contributed by atoms with van der Waals surface area (Å²) in [4.78, 5) is 0. The van der Waals surface area contributed by atoms with Gasteiger partial charge in [-0.15, -0.1) is 0 Å². The number of fused-ring (bicyclic) bond motifs is 4. The van der Waals surface area contributed by atoms with Crippen molar-refractivity contribution in [2.24, 2.45) is 28.6 Å². The van der Waals surface area contributed by atoms with Crippen LogP contribution in [0.25, 0.3) is 0 Å².